The summed E-state index contributed by atoms with van der Waals surface area (Å²) in [7, 11) is 0. The highest BCUT2D eigenvalue weighted by Gasteiger charge is 2.16. The molecular formula is C48H46O4. The van der Waals surface area contributed by atoms with E-state index in [0.717, 1.165) is 125 Å². The van der Waals surface area contributed by atoms with E-state index in [1.165, 1.54) is 51.4 Å². The average molecular weight is 687 g/mol. The maximum Gasteiger partial charge on any atom is 0.136 e. The van der Waals surface area contributed by atoms with Gasteiger partial charge in [0.15, 0.2) is 0 Å². The van der Waals surface area contributed by atoms with Gasteiger partial charge in [-0.3, -0.25) is 0 Å². The number of benzene rings is 5. The molecule has 0 fully saturated rings. The summed E-state index contributed by atoms with van der Waals surface area (Å²) < 4.78 is 25.5. The van der Waals surface area contributed by atoms with Crippen LogP contribution in [-0.2, 0) is 12.8 Å². The number of hydrogen-bond acceptors (Lipinski definition) is 4. The van der Waals surface area contributed by atoms with Gasteiger partial charge in [-0.15, -0.1) is 0 Å². The van der Waals surface area contributed by atoms with Gasteiger partial charge < -0.3 is 17.7 Å². The van der Waals surface area contributed by atoms with Crippen LogP contribution in [0.1, 0.15) is 89.6 Å². The molecular weight excluding hydrogens is 641 g/mol. The van der Waals surface area contributed by atoms with E-state index < -0.39 is 0 Å². The van der Waals surface area contributed by atoms with Crippen molar-refractivity contribution >= 4 is 65.4 Å². The molecule has 0 unspecified atom stereocenters. The molecule has 0 N–H and O–H groups in total. The summed E-state index contributed by atoms with van der Waals surface area (Å²) in [5.41, 5.74) is 5.67. The minimum atomic E-state index is 0.862. The lowest BCUT2D eigenvalue weighted by Crippen LogP contribution is -1.84. The third kappa shape index (κ3) is 6.29. The first kappa shape index (κ1) is 32.7. The highest BCUT2D eigenvalue weighted by atomic mass is 16.3. The van der Waals surface area contributed by atoms with Gasteiger partial charge in [0.1, 0.15) is 45.4 Å². The van der Waals surface area contributed by atoms with Crippen molar-refractivity contribution < 1.29 is 17.7 Å². The Labute approximate surface area is 304 Å². The predicted octanol–water partition coefficient (Wildman–Crippen LogP) is 15.3. The van der Waals surface area contributed by atoms with E-state index in [-0.39, 0.29) is 0 Å². The van der Waals surface area contributed by atoms with Crippen LogP contribution in [0.3, 0.4) is 0 Å². The first-order valence-electron chi connectivity index (χ1n) is 19.5. The molecule has 4 nitrogen and oxygen atoms in total. The summed E-state index contributed by atoms with van der Waals surface area (Å²) in [5.74, 6) is 3.97. The molecule has 0 radical (unpaired) electrons. The van der Waals surface area contributed by atoms with Gasteiger partial charge in [-0.05, 0) is 107 Å². The molecule has 52 heavy (non-hydrogen) atoms. The Kier molecular flexibility index (Phi) is 8.84. The summed E-state index contributed by atoms with van der Waals surface area (Å²) >= 11 is 0. The summed E-state index contributed by atoms with van der Waals surface area (Å²) in [6, 6.07) is 34.6. The highest BCUT2D eigenvalue weighted by molar-refractivity contribution is 6.18. The van der Waals surface area contributed by atoms with Crippen molar-refractivity contribution in [2.75, 3.05) is 0 Å². The summed E-state index contributed by atoms with van der Waals surface area (Å²) in [4.78, 5) is 0. The molecule has 0 amide bonds. The van der Waals surface area contributed by atoms with Crippen molar-refractivity contribution in [1.82, 2.24) is 0 Å². The van der Waals surface area contributed by atoms with Crippen molar-refractivity contribution in [3.63, 3.8) is 0 Å². The third-order valence-electron chi connectivity index (χ3n) is 10.9. The Morgan fingerprint density at radius 1 is 0.346 bits per heavy atom. The van der Waals surface area contributed by atoms with Crippen LogP contribution in [-0.4, -0.2) is 0 Å². The monoisotopic (exact) mass is 686 g/mol. The minimum Gasteiger partial charge on any atom is -0.461 e. The zero-order chi connectivity index (χ0) is 35.0. The molecule has 0 spiro atoms. The second kappa shape index (κ2) is 14.1. The number of unbranched alkanes of at least 4 members (excludes halogenated alkanes) is 8. The van der Waals surface area contributed by atoms with Gasteiger partial charge in [-0.1, -0.05) is 89.5 Å². The second-order valence-electron chi connectivity index (χ2n) is 14.7. The van der Waals surface area contributed by atoms with E-state index in [2.05, 4.69) is 111 Å². The molecule has 0 bridgehead atoms. The van der Waals surface area contributed by atoms with Crippen LogP contribution in [0, 0.1) is 0 Å². The van der Waals surface area contributed by atoms with E-state index in [9.17, 15) is 0 Å². The van der Waals surface area contributed by atoms with Crippen molar-refractivity contribution in [2.45, 2.75) is 90.9 Å². The van der Waals surface area contributed by atoms with Crippen molar-refractivity contribution in [3.05, 3.63) is 109 Å². The quantitative estimate of drug-likeness (QED) is 0.107. The fourth-order valence-corrected chi connectivity index (χ4v) is 7.96. The van der Waals surface area contributed by atoms with Crippen LogP contribution in [0.5, 0.6) is 0 Å². The second-order valence-corrected chi connectivity index (χ2v) is 14.7. The van der Waals surface area contributed by atoms with Crippen LogP contribution < -0.4 is 0 Å². The Morgan fingerprint density at radius 3 is 1.31 bits per heavy atom. The van der Waals surface area contributed by atoms with Crippen LogP contribution in [0.4, 0.5) is 0 Å². The molecule has 0 saturated heterocycles. The fraction of sp³-hybridized carbons (Fsp3) is 0.292. The smallest absolute Gasteiger partial charge is 0.136 e. The van der Waals surface area contributed by atoms with Crippen LogP contribution >= 0.6 is 0 Å². The normalized spacial score (nSPS) is 12.2. The molecule has 0 aliphatic rings. The van der Waals surface area contributed by atoms with Gasteiger partial charge in [0.05, 0.1) is 0 Å². The molecule has 9 rings (SSSR count). The van der Waals surface area contributed by atoms with Crippen LogP contribution in [0.25, 0.3) is 88.1 Å². The zero-order valence-corrected chi connectivity index (χ0v) is 30.4. The van der Waals surface area contributed by atoms with E-state index in [4.69, 9.17) is 17.7 Å². The molecule has 4 heterocycles. The lowest BCUT2D eigenvalue weighted by molar-refractivity contribution is 0.500. The summed E-state index contributed by atoms with van der Waals surface area (Å²) in [5, 5.41) is 8.89. The van der Waals surface area contributed by atoms with E-state index in [1.54, 1.807) is 0 Å². The maximum absolute atomic E-state index is 6.51. The lowest BCUT2D eigenvalue weighted by atomic mass is 10.0. The molecule has 4 aromatic heterocycles. The predicted molar refractivity (Wildman–Crippen MR) is 216 cm³/mol. The minimum absolute atomic E-state index is 0.862. The molecule has 4 heteroatoms. The molecule has 262 valence electrons. The van der Waals surface area contributed by atoms with Gasteiger partial charge >= 0.3 is 0 Å². The van der Waals surface area contributed by atoms with Crippen LogP contribution in [0.2, 0.25) is 0 Å². The Hall–Kier alpha value is -5.22. The highest BCUT2D eigenvalue weighted by Crippen LogP contribution is 2.40. The van der Waals surface area contributed by atoms with Gasteiger partial charge in [-0.25, -0.2) is 0 Å². The fourth-order valence-electron chi connectivity index (χ4n) is 7.96. The van der Waals surface area contributed by atoms with E-state index in [1.807, 2.05) is 0 Å². The summed E-state index contributed by atoms with van der Waals surface area (Å²) in [6.45, 7) is 4.48. The number of rotatable bonds is 14. The number of furan rings is 4. The number of hydrogen-bond donors (Lipinski definition) is 0. The first-order valence-corrected chi connectivity index (χ1v) is 19.5. The number of fused-ring (bicyclic) bond motifs is 8. The number of aryl methyl sites for hydroxylation is 2. The SMILES string of the molecule is CCCCCCCCCCc1ccc(-c2ccc3cc4oc5cc6c(cc5c4cc3c2)oc2cc3ccc(-c4ccc(CCCC)o4)cc3cc26)o1. The Balaban J connectivity index is 0.991. The molecule has 0 atom stereocenters. The van der Waals surface area contributed by atoms with Gasteiger partial charge in [-0.2, -0.15) is 0 Å². The topological polar surface area (TPSA) is 52.6 Å². The molecule has 5 aromatic carbocycles. The van der Waals surface area contributed by atoms with Crippen molar-refractivity contribution in [3.8, 4) is 22.6 Å². The van der Waals surface area contributed by atoms with E-state index >= 15 is 0 Å². The Bertz CT molecular complexity index is 2670. The first-order chi connectivity index (χ1) is 25.6. The van der Waals surface area contributed by atoms with Gasteiger partial charge in [0.25, 0.3) is 0 Å². The Morgan fingerprint density at radius 2 is 0.788 bits per heavy atom. The lowest BCUT2D eigenvalue weighted by Gasteiger charge is -2.03. The summed E-state index contributed by atoms with van der Waals surface area (Å²) in [6.07, 6.45) is 14.8. The molecule has 0 aliphatic carbocycles. The average Bonchev–Trinajstić information content (AvgIpc) is 3.97. The zero-order valence-electron chi connectivity index (χ0n) is 30.4. The molecule has 0 saturated carbocycles. The molecule has 9 aromatic rings. The third-order valence-corrected chi connectivity index (χ3v) is 10.9. The maximum atomic E-state index is 6.51. The van der Waals surface area contributed by atoms with Crippen LogP contribution in [0.15, 0.2) is 115 Å². The van der Waals surface area contributed by atoms with Gasteiger partial charge in [0, 0.05) is 45.5 Å². The van der Waals surface area contributed by atoms with Crippen molar-refractivity contribution in [1.29, 1.82) is 0 Å². The van der Waals surface area contributed by atoms with Crippen molar-refractivity contribution in [2.24, 2.45) is 0 Å². The molecule has 0 aliphatic heterocycles. The largest absolute Gasteiger partial charge is 0.461 e. The van der Waals surface area contributed by atoms with E-state index in [0.29, 0.717) is 0 Å². The van der Waals surface area contributed by atoms with Gasteiger partial charge in [0.2, 0.25) is 0 Å². The standard InChI is InChI=1S/C48H46O4/c1-3-5-7-8-9-10-11-12-14-38-20-22-44(50-38)34-18-16-32-28-46-40(26-36(32)24-34)42-30-47-41(29-48(42)52-46)39-25-35-23-33(17-15-31(35)27-45(39)51-47)43-21-19-37(49-43)13-6-4-2/h15-30H,3-14H2,1-2H3.